The monoisotopic (exact) mass is 371 g/mol. The van der Waals surface area contributed by atoms with E-state index in [2.05, 4.69) is 25.2 Å². The van der Waals surface area contributed by atoms with Crippen LogP contribution in [0.4, 0.5) is 0 Å². The van der Waals surface area contributed by atoms with Gasteiger partial charge in [0.05, 0.1) is 13.2 Å². The van der Waals surface area contributed by atoms with Gasteiger partial charge in [-0.2, -0.15) is 0 Å². The third kappa shape index (κ3) is 4.89. The van der Waals surface area contributed by atoms with Gasteiger partial charge in [0.25, 0.3) is 0 Å². The molecule has 2 aromatic rings. The highest BCUT2D eigenvalue weighted by atomic mass is 35.5. The second-order valence-electron chi connectivity index (χ2n) is 6.69. The molecule has 0 bridgehead atoms. The van der Waals surface area contributed by atoms with Gasteiger partial charge in [-0.25, -0.2) is 0 Å². The highest BCUT2D eigenvalue weighted by Crippen LogP contribution is 2.32. The molecule has 0 heterocycles. The lowest BCUT2D eigenvalue weighted by molar-refractivity contribution is -0.117. The maximum atomic E-state index is 12.3. The third-order valence-electron chi connectivity index (χ3n) is 4.39. The van der Waals surface area contributed by atoms with Crippen LogP contribution in [0.25, 0.3) is 6.08 Å². The predicted octanol–water partition coefficient (Wildman–Crippen LogP) is 5.67. The summed E-state index contributed by atoms with van der Waals surface area (Å²) in [4.78, 5) is 12.3. The molecule has 0 saturated carbocycles. The normalized spacial score (nSPS) is 12.4. The first kappa shape index (κ1) is 20.1. The number of amides is 1. The molecular weight excluding hydrogens is 346 g/mol. The Balaban J connectivity index is 2.16. The van der Waals surface area contributed by atoms with E-state index in [1.807, 2.05) is 38.1 Å². The van der Waals surface area contributed by atoms with Gasteiger partial charge in [-0.1, -0.05) is 43.6 Å². The fraction of sp³-hybridized carbons (Fsp3) is 0.318. The Hall–Kier alpha value is -2.26. The van der Waals surface area contributed by atoms with E-state index in [0.29, 0.717) is 10.9 Å². The number of hydrogen-bond donors (Lipinski definition) is 1. The van der Waals surface area contributed by atoms with Crippen LogP contribution in [0, 0.1) is 6.92 Å². The highest BCUT2D eigenvalue weighted by Gasteiger charge is 2.16. The Morgan fingerprint density at radius 3 is 2.46 bits per heavy atom. The van der Waals surface area contributed by atoms with Crippen molar-refractivity contribution in [3.8, 4) is 5.75 Å². The molecule has 3 nitrogen and oxygen atoms in total. The van der Waals surface area contributed by atoms with E-state index < -0.39 is 0 Å². The van der Waals surface area contributed by atoms with Crippen LogP contribution in [-0.4, -0.2) is 13.0 Å². The number of benzene rings is 2. The number of rotatable bonds is 6. The summed E-state index contributed by atoms with van der Waals surface area (Å²) in [5.41, 5.74) is 4.14. The van der Waals surface area contributed by atoms with E-state index in [1.54, 1.807) is 19.3 Å². The molecule has 0 fully saturated rings. The zero-order chi connectivity index (χ0) is 19.3. The smallest absolute Gasteiger partial charge is 0.244 e. The second kappa shape index (κ2) is 8.91. The number of carbonyl (C=O) groups excluding carboxylic acids is 1. The minimum Gasteiger partial charge on any atom is -0.496 e. The van der Waals surface area contributed by atoms with E-state index >= 15 is 0 Å². The Kier molecular flexibility index (Phi) is 6.87. The minimum atomic E-state index is -0.154. The molecule has 0 unspecified atom stereocenters. The van der Waals surface area contributed by atoms with Crippen LogP contribution in [0.2, 0.25) is 5.02 Å². The number of methoxy groups -OCH3 is 1. The van der Waals surface area contributed by atoms with Gasteiger partial charge in [0.2, 0.25) is 5.91 Å². The fourth-order valence-electron chi connectivity index (χ4n) is 2.93. The number of hydrogen-bond acceptors (Lipinski definition) is 2. The van der Waals surface area contributed by atoms with E-state index in [4.69, 9.17) is 16.3 Å². The zero-order valence-corrected chi connectivity index (χ0v) is 16.7. The maximum absolute atomic E-state index is 12.3. The van der Waals surface area contributed by atoms with Crippen LogP contribution < -0.4 is 10.1 Å². The molecule has 0 spiro atoms. The number of aryl methyl sites for hydroxylation is 1. The van der Waals surface area contributed by atoms with Gasteiger partial charge in [-0.15, -0.1) is 0 Å². The number of ether oxygens (including phenoxy) is 1. The van der Waals surface area contributed by atoms with Crippen LogP contribution >= 0.6 is 11.6 Å². The van der Waals surface area contributed by atoms with Crippen LogP contribution in [0.15, 0.2) is 42.5 Å². The summed E-state index contributed by atoms with van der Waals surface area (Å²) < 4.78 is 5.49. The lowest BCUT2D eigenvalue weighted by Crippen LogP contribution is -2.25. The van der Waals surface area contributed by atoms with Crippen LogP contribution in [0.1, 0.15) is 55.0 Å². The predicted molar refractivity (Wildman–Crippen MR) is 109 cm³/mol. The maximum Gasteiger partial charge on any atom is 0.244 e. The van der Waals surface area contributed by atoms with Crippen molar-refractivity contribution in [1.82, 2.24) is 5.32 Å². The first-order chi connectivity index (χ1) is 12.3. The van der Waals surface area contributed by atoms with E-state index in [1.165, 1.54) is 6.08 Å². The lowest BCUT2D eigenvalue weighted by Gasteiger charge is -2.20. The summed E-state index contributed by atoms with van der Waals surface area (Å²) in [6, 6.07) is 11.5. The van der Waals surface area contributed by atoms with Crippen molar-refractivity contribution in [2.75, 3.05) is 7.11 Å². The summed E-state index contributed by atoms with van der Waals surface area (Å²) in [5.74, 6) is 1.07. The van der Waals surface area contributed by atoms with Crippen molar-refractivity contribution in [2.24, 2.45) is 0 Å². The molecule has 138 valence electrons. The number of carbonyl (C=O) groups is 1. The van der Waals surface area contributed by atoms with Gasteiger partial charge in [-0.3, -0.25) is 4.79 Å². The van der Waals surface area contributed by atoms with Gasteiger partial charge in [0.15, 0.2) is 0 Å². The van der Waals surface area contributed by atoms with Gasteiger partial charge in [-0.05, 0) is 66.3 Å². The Labute approximate surface area is 161 Å². The Morgan fingerprint density at radius 1 is 1.15 bits per heavy atom. The minimum absolute atomic E-state index is 0.109. The van der Waals surface area contributed by atoms with E-state index in [-0.39, 0.29) is 11.9 Å². The van der Waals surface area contributed by atoms with Crippen molar-refractivity contribution in [3.63, 3.8) is 0 Å². The van der Waals surface area contributed by atoms with Crippen molar-refractivity contribution in [1.29, 1.82) is 0 Å². The van der Waals surface area contributed by atoms with Crippen LogP contribution in [-0.2, 0) is 4.79 Å². The lowest BCUT2D eigenvalue weighted by atomic mass is 9.93. The third-order valence-corrected chi connectivity index (χ3v) is 4.73. The molecule has 2 rings (SSSR count). The summed E-state index contributed by atoms with van der Waals surface area (Å²) >= 11 is 6.11. The molecule has 1 N–H and O–H groups in total. The van der Waals surface area contributed by atoms with Crippen molar-refractivity contribution < 1.29 is 9.53 Å². The molecule has 1 amide bonds. The number of nitrogens with one attached hydrogen (secondary N) is 1. The highest BCUT2D eigenvalue weighted by molar-refractivity contribution is 6.32. The summed E-state index contributed by atoms with van der Waals surface area (Å²) in [7, 11) is 1.69. The molecular formula is C22H26ClNO2. The number of halogens is 1. The molecule has 0 aliphatic heterocycles. The van der Waals surface area contributed by atoms with Crippen molar-refractivity contribution in [3.05, 3.63) is 69.8 Å². The standard InChI is InChI=1S/C22H26ClNO2/c1-14(2)18-13-19(15(3)12-21(18)26-5)16(4)24-22(25)11-10-17-8-6-7-9-20(17)23/h6-14,16H,1-5H3,(H,24,25)/b11-10+/t16-/m1/s1. The SMILES string of the molecule is COc1cc(C)c([C@@H](C)NC(=O)/C=C/c2ccccc2Cl)cc1C(C)C. The zero-order valence-electron chi connectivity index (χ0n) is 16.0. The quantitative estimate of drug-likeness (QED) is 0.664. The Bertz CT molecular complexity index is 812. The molecule has 1 atom stereocenters. The topological polar surface area (TPSA) is 38.3 Å². The van der Waals surface area contributed by atoms with Crippen molar-refractivity contribution >= 4 is 23.6 Å². The second-order valence-corrected chi connectivity index (χ2v) is 7.10. The largest absolute Gasteiger partial charge is 0.496 e. The first-order valence-electron chi connectivity index (χ1n) is 8.75. The van der Waals surface area contributed by atoms with Gasteiger partial charge >= 0.3 is 0 Å². The average Bonchev–Trinajstić information content (AvgIpc) is 2.60. The van der Waals surface area contributed by atoms with Gasteiger partial charge in [0, 0.05) is 11.1 Å². The van der Waals surface area contributed by atoms with Crippen molar-refractivity contribution in [2.45, 2.75) is 39.7 Å². The molecule has 0 aliphatic rings. The summed E-state index contributed by atoms with van der Waals surface area (Å²) in [6.07, 6.45) is 3.24. The molecule has 4 heteroatoms. The molecule has 26 heavy (non-hydrogen) atoms. The molecule has 0 saturated heterocycles. The molecule has 0 radical (unpaired) electrons. The molecule has 0 aliphatic carbocycles. The first-order valence-corrected chi connectivity index (χ1v) is 9.12. The Morgan fingerprint density at radius 2 is 1.85 bits per heavy atom. The fourth-order valence-corrected chi connectivity index (χ4v) is 3.12. The molecule has 0 aromatic heterocycles. The van der Waals surface area contributed by atoms with Crippen LogP contribution in [0.5, 0.6) is 5.75 Å². The van der Waals surface area contributed by atoms with E-state index in [9.17, 15) is 4.79 Å². The van der Waals surface area contributed by atoms with Gasteiger partial charge in [0.1, 0.15) is 5.75 Å². The summed E-state index contributed by atoms with van der Waals surface area (Å²) in [5, 5.41) is 3.64. The average molecular weight is 372 g/mol. The molecule has 2 aromatic carbocycles. The van der Waals surface area contributed by atoms with E-state index in [0.717, 1.165) is 28.0 Å². The summed E-state index contributed by atoms with van der Waals surface area (Å²) in [6.45, 7) is 8.28. The van der Waals surface area contributed by atoms with Gasteiger partial charge < -0.3 is 10.1 Å². The van der Waals surface area contributed by atoms with Crippen LogP contribution in [0.3, 0.4) is 0 Å².